The first-order valence-corrected chi connectivity index (χ1v) is 9.41. The quantitative estimate of drug-likeness (QED) is 0.467. The molecule has 2 heterocycles. The van der Waals surface area contributed by atoms with Gasteiger partial charge in [-0.15, -0.1) is 11.3 Å². The Balaban J connectivity index is 1.73. The molecule has 1 N–H and O–H groups in total. The zero-order valence-corrected chi connectivity index (χ0v) is 15.8. The molecule has 4 nitrogen and oxygen atoms in total. The zero-order valence-electron chi connectivity index (χ0n) is 14.2. The molecule has 6 heteroatoms. The van der Waals surface area contributed by atoms with Crippen LogP contribution in [0, 0.1) is 0 Å². The second-order valence-electron chi connectivity index (χ2n) is 6.49. The molecular formula is C18H21NO3S2. The van der Waals surface area contributed by atoms with Gasteiger partial charge in [-0.3, -0.25) is 0 Å². The second kappa shape index (κ2) is 6.52. The molecule has 3 rings (SSSR count). The van der Waals surface area contributed by atoms with Crippen molar-refractivity contribution < 1.29 is 14.7 Å². The molecule has 0 saturated carbocycles. The van der Waals surface area contributed by atoms with Crippen molar-refractivity contribution in [3.8, 4) is 0 Å². The van der Waals surface area contributed by atoms with E-state index in [1.54, 1.807) is 30.0 Å². The van der Waals surface area contributed by atoms with Gasteiger partial charge in [-0.25, -0.2) is 0 Å². The molecule has 24 heavy (non-hydrogen) atoms. The van der Waals surface area contributed by atoms with E-state index in [1.165, 1.54) is 4.21 Å². The topological polar surface area (TPSA) is 51.1 Å². The van der Waals surface area contributed by atoms with E-state index >= 15 is 0 Å². The molecule has 1 fully saturated rings. The van der Waals surface area contributed by atoms with Gasteiger partial charge in [0.05, 0.1) is 16.5 Å². The summed E-state index contributed by atoms with van der Waals surface area (Å²) in [7, 11) is 0. The van der Waals surface area contributed by atoms with Crippen LogP contribution in [0.1, 0.15) is 38.8 Å². The Labute approximate surface area is 150 Å². The van der Waals surface area contributed by atoms with Gasteiger partial charge in [0.15, 0.2) is 5.79 Å². The molecular weight excluding hydrogens is 342 g/mol. The molecule has 1 aromatic heterocycles. The summed E-state index contributed by atoms with van der Waals surface area (Å²) in [4.78, 5) is 1.15. The maximum atomic E-state index is 8.82. The molecule has 0 radical (unpaired) electrons. The number of rotatable bonds is 4. The van der Waals surface area contributed by atoms with Gasteiger partial charge < -0.3 is 14.7 Å². The summed E-state index contributed by atoms with van der Waals surface area (Å²) in [6.45, 7) is 8.30. The first-order valence-electron chi connectivity index (χ1n) is 7.71. The van der Waals surface area contributed by atoms with Crippen LogP contribution in [0.5, 0.6) is 0 Å². The van der Waals surface area contributed by atoms with Crippen LogP contribution >= 0.6 is 23.1 Å². The Morgan fingerprint density at radius 2 is 1.96 bits per heavy atom. The summed E-state index contributed by atoms with van der Waals surface area (Å²) in [6.07, 6.45) is 0. The van der Waals surface area contributed by atoms with Crippen molar-refractivity contribution in [2.75, 3.05) is 6.61 Å². The van der Waals surface area contributed by atoms with Crippen molar-refractivity contribution in [3.63, 3.8) is 0 Å². The first kappa shape index (κ1) is 17.5. The third kappa shape index (κ3) is 3.67. The van der Waals surface area contributed by atoms with E-state index in [0.29, 0.717) is 12.3 Å². The fourth-order valence-corrected chi connectivity index (χ4v) is 4.71. The van der Waals surface area contributed by atoms with Gasteiger partial charge in [0.1, 0.15) is 5.60 Å². The minimum Gasteiger partial charge on any atom is -0.411 e. The summed E-state index contributed by atoms with van der Waals surface area (Å²) < 4.78 is 13.0. The Morgan fingerprint density at radius 3 is 2.54 bits per heavy atom. The lowest BCUT2D eigenvalue weighted by molar-refractivity contribution is -0.159. The first-order chi connectivity index (χ1) is 11.3. The summed E-state index contributed by atoms with van der Waals surface area (Å²) in [5, 5.41) is 14.2. The molecule has 0 amide bonds. The Hall–Kier alpha value is -1.34. The SMILES string of the molecule is C/C(=N/O)c1ccc(Sc2cc(C3(C)COC(C)(C)O3)cs2)cc1. The lowest BCUT2D eigenvalue weighted by Gasteiger charge is -2.24. The number of thiophene rings is 1. The van der Waals surface area contributed by atoms with E-state index in [4.69, 9.17) is 14.7 Å². The van der Waals surface area contributed by atoms with Crippen molar-refractivity contribution >= 4 is 28.8 Å². The predicted molar refractivity (Wildman–Crippen MR) is 97.3 cm³/mol. The maximum Gasteiger partial charge on any atom is 0.164 e. The van der Waals surface area contributed by atoms with Crippen molar-refractivity contribution in [3.05, 3.63) is 46.8 Å². The van der Waals surface area contributed by atoms with Crippen LogP contribution < -0.4 is 0 Å². The van der Waals surface area contributed by atoms with Crippen LogP contribution in [-0.4, -0.2) is 23.3 Å². The molecule has 1 atom stereocenters. The van der Waals surface area contributed by atoms with Gasteiger partial charge in [-0.1, -0.05) is 29.1 Å². The van der Waals surface area contributed by atoms with Gasteiger partial charge in [0.2, 0.25) is 0 Å². The molecule has 1 unspecified atom stereocenters. The normalized spacial score (nSPS) is 23.6. The number of hydrogen-bond acceptors (Lipinski definition) is 6. The highest BCUT2D eigenvalue weighted by Crippen LogP contribution is 2.42. The summed E-state index contributed by atoms with van der Waals surface area (Å²) >= 11 is 3.42. The number of hydrogen-bond donors (Lipinski definition) is 1. The third-order valence-electron chi connectivity index (χ3n) is 3.99. The molecule has 1 aliphatic heterocycles. The lowest BCUT2D eigenvalue weighted by atomic mass is 10.0. The highest BCUT2D eigenvalue weighted by Gasteiger charge is 2.43. The van der Waals surface area contributed by atoms with Crippen LogP contribution in [0.25, 0.3) is 0 Å². The van der Waals surface area contributed by atoms with E-state index in [1.807, 2.05) is 38.1 Å². The van der Waals surface area contributed by atoms with Crippen LogP contribution in [0.4, 0.5) is 0 Å². The number of nitrogens with zero attached hydrogens (tertiary/aromatic N) is 1. The molecule has 2 aromatic rings. The molecule has 0 bridgehead atoms. The molecule has 128 valence electrons. The molecule has 1 aliphatic rings. The predicted octanol–water partition coefficient (Wildman–Crippen LogP) is 5.10. The molecule has 0 spiro atoms. The van der Waals surface area contributed by atoms with E-state index < -0.39 is 11.4 Å². The Morgan fingerprint density at radius 1 is 1.25 bits per heavy atom. The van der Waals surface area contributed by atoms with Crippen LogP contribution in [0.2, 0.25) is 0 Å². The number of oxime groups is 1. The zero-order chi connectivity index (χ0) is 17.4. The maximum absolute atomic E-state index is 8.82. The fourth-order valence-electron chi connectivity index (χ4n) is 2.64. The van der Waals surface area contributed by atoms with Crippen molar-refractivity contribution in [1.82, 2.24) is 0 Å². The summed E-state index contributed by atoms with van der Waals surface area (Å²) in [6, 6.07) is 10.2. The minimum absolute atomic E-state index is 0.391. The van der Waals surface area contributed by atoms with Gasteiger partial charge in [-0.2, -0.15) is 0 Å². The largest absolute Gasteiger partial charge is 0.411 e. The average Bonchev–Trinajstić information content (AvgIpc) is 3.12. The molecule has 0 aliphatic carbocycles. The molecule has 1 saturated heterocycles. The third-order valence-corrected chi connectivity index (χ3v) is 6.08. The molecule has 1 aromatic carbocycles. The monoisotopic (exact) mass is 363 g/mol. The van der Waals surface area contributed by atoms with Crippen molar-refractivity contribution in [1.29, 1.82) is 0 Å². The minimum atomic E-state index is -0.536. The summed E-state index contributed by atoms with van der Waals surface area (Å²) in [5.74, 6) is -0.536. The standard InChI is InChI=1S/C18H21NO3S2/c1-12(19-20)13-5-7-15(8-6-13)24-16-9-14(10-23-16)18(4)11-21-17(2,3)22-18/h5-10,20H,11H2,1-4H3/b19-12-. The lowest BCUT2D eigenvalue weighted by Crippen LogP contribution is -2.27. The highest BCUT2D eigenvalue weighted by atomic mass is 32.2. The average molecular weight is 364 g/mol. The number of benzene rings is 1. The van der Waals surface area contributed by atoms with Crippen LogP contribution in [0.15, 0.2) is 50.0 Å². The Bertz CT molecular complexity index is 752. The van der Waals surface area contributed by atoms with Gasteiger partial charge in [0, 0.05) is 4.90 Å². The van der Waals surface area contributed by atoms with Gasteiger partial charge >= 0.3 is 0 Å². The Kier molecular flexibility index (Phi) is 4.75. The van der Waals surface area contributed by atoms with E-state index in [2.05, 4.69) is 23.5 Å². The van der Waals surface area contributed by atoms with Crippen LogP contribution in [-0.2, 0) is 15.1 Å². The van der Waals surface area contributed by atoms with E-state index in [-0.39, 0.29) is 0 Å². The smallest absolute Gasteiger partial charge is 0.164 e. The van der Waals surface area contributed by atoms with Crippen LogP contribution in [0.3, 0.4) is 0 Å². The van der Waals surface area contributed by atoms with Gasteiger partial charge in [-0.05, 0) is 62.4 Å². The van der Waals surface area contributed by atoms with Crippen molar-refractivity contribution in [2.24, 2.45) is 5.16 Å². The number of ether oxygens (including phenoxy) is 2. The summed E-state index contributed by atoms with van der Waals surface area (Å²) in [5.41, 5.74) is 2.29. The second-order valence-corrected chi connectivity index (χ2v) is 8.77. The van der Waals surface area contributed by atoms with E-state index in [9.17, 15) is 0 Å². The fraction of sp³-hybridized carbons (Fsp3) is 0.389. The highest BCUT2D eigenvalue weighted by molar-refractivity contribution is 8.01. The van der Waals surface area contributed by atoms with Gasteiger partial charge in [0.25, 0.3) is 0 Å². The van der Waals surface area contributed by atoms with Crippen molar-refractivity contribution in [2.45, 2.75) is 48.2 Å². The van der Waals surface area contributed by atoms with E-state index in [0.717, 1.165) is 16.0 Å².